The van der Waals surface area contributed by atoms with Crippen molar-refractivity contribution in [2.75, 3.05) is 17.6 Å². The lowest BCUT2D eigenvalue weighted by Crippen LogP contribution is -2.20. The number of hydrogen-bond acceptors (Lipinski definition) is 5. The van der Waals surface area contributed by atoms with Crippen molar-refractivity contribution < 1.29 is 0 Å². The normalized spacial score (nSPS) is 11.4. The van der Waals surface area contributed by atoms with E-state index in [2.05, 4.69) is 41.0 Å². The lowest BCUT2D eigenvalue weighted by Gasteiger charge is -2.18. The minimum atomic E-state index is 0.105. The molecule has 5 nitrogen and oxygen atoms in total. The number of nitrogen functional groups attached to an aromatic ring is 1. The molecule has 0 saturated heterocycles. The number of nitrogens with two attached hydrogens (primary N) is 1. The molecule has 1 aromatic heterocycles. The summed E-state index contributed by atoms with van der Waals surface area (Å²) >= 11 is 5.62. The first-order valence-electron chi connectivity index (χ1n) is 4.28. The van der Waals surface area contributed by atoms with Gasteiger partial charge in [0.05, 0.1) is 0 Å². The first kappa shape index (κ1) is 11.0. The third-order valence-electron chi connectivity index (χ3n) is 1.40. The number of aromatic nitrogens is 3. The van der Waals surface area contributed by atoms with Gasteiger partial charge in [0.25, 0.3) is 0 Å². The summed E-state index contributed by atoms with van der Waals surface area (Å²) in [6.07, 6.45) is 0. The molecule has 0 fully saturated rings. The fourth-order valence-corrected chi connectivity index (χ4v) is 0.955. The van der Waals surface area contributed by atoms with Crippen molar-refractivity contribution in [3.8, 4) is 0 Å². The van der Waals surface area contributed by atoms with E-state index in [9.17, 15) is 0 Å². The Bertz CT molecular complexity index is 300. The molecule has 0 unspecified atom stereocenters. The van der Waals surface area contributed by atoms with Crippen LogP contribution in [0, 0.1) is 5.41 Å². The standard InChI is InChI=1S/C8H14ClN5/c1-8(2,3)4-11-7-13-5(9)12-6(10)14-7/h4H2,1-3H3,(H3,10,11,12,13,14). The highest BCUT2D eigenvalue weighted by Gasteiger charge is 2.11. The van der Waals surface area contributed by atoms with Crippen LogP contribution < -0.4 is 11.1 Å². The lowest BCUT2D eigenvalue weighted by atomic mass is 9.97. The first-order chi connectivity index (χ1) is 6.37. The molecule has 0 aliphatic carbocycles. The molecule has 1 heterocycles. The molecule has 0 spiro atoms. The van der Waals surface area contributed by atoms with Gasteiger partial charge in [0, 0.05) is 6.54 Å². The maximum absolute atomic E-state index is 5.62. The molecule has 0 radical (unpaired) electrons. The molecular formula is C8H14ClN5. The third kappa shape index (κ3) is 3.74. The molecule has 0 saturated carbocycles. The van der Waals surface area contributed by atoms with Gasteiger partial charge in [-0.05, 0) is 17.0 Å². The van der Waals surface area contributed by atoms with Gasteiger partial charge in [0.15, 0.2) is 0 Å². The van der Waals surface area contributed by atoms with Crippen LogP contribution in [0.2, 0.25) is 5.28 Å². The second-order valence-corrected chi connectivity index (χ2v) is 4.54. The number of nitrogens with one attached hydrogen (secondary N) is 1. The Morgan fingerprint density at radius 2 is 1.93 bits per heavy atom. The molecule has 0 amide bonds. The van der Waals surface area contributed by atoms with E-state index in [0.29, 0.717) is 5.95 Å². The zero-order valence-electron chi connectivity index (χ0n) is 8.50. The average molecular weight is 216 g/mol. The van der Waals surface area contributed by atoms with Gasteiger partial charge in [-0.25, -0.2) is 0 Å². The van der Waals surface area contributed by atoms with E-state index in [1.165, 1.54) is 0 Å². The maximum atomic E-state index is 5.62. The lowest BCUT2D eigenvalue weighted by molar-refractivity contribution is 0.441. The number of rotatable bonds is 2. The van der Waals surface area contributed by atoms with Gasteiger partial charge in [-0.15, -0.1) is 0 Å². The summed E-state index contributed by atoms with van der Waals surface area (Å²) in [7, 11) is 0. The van der Waals surface area contributed by atoms with Crippen molar-refractivity contribution >= 4 is 23.5 Å². The molecule has 0 atom stereocenters. The second-order valence-electron chi connectivity index (χ2n) is 4.20. The van der Waals surface area contributed by atoms with Gasteiger partial charge in [-0.3, -0.25) is 0 Å². The fourth-order valence-electron chi connectivity index (χ4n) is 0.789. The van der Waals surface area contributed by atoms with Gasteiger partial charge in [-0.2, -0.15) is 15.0 Å². The molecule has 6 heteroatoms. The van der Waals surface area contributed by atoms with E-state index >= 15 is 0 Å². The number of anilines is 2. The zero-order chi connectivity index (χ0) is 10.8. The van der Waals surface area contributed by atoms with Crippen molar-refractivity contribution in [1.82, 2.24) is 15.0 Å². The molecule has 1 rings (SSSR count). The second kappa shape index (κ2) is 3.96. The van der Waals surface area contributed by atoms with Crippen molar-refractivity contribution in [1.29, 1.82) is 0 Å². The molecule has 3 N–H and O–H groups in total. The highest BCUT2D eigenvalue weighted by Crippen LogP contribution is 2.14. The van der Waals surface area contributed by atoms with E-state index < -0.39 is 0 Å². The highest BCUT2D eigenvalue weighted by molar-refractivity contribution is 6.28. The molecule has 78 valence electrons. The zero-order valence-corrected chi connectivity index (χ0v) is 9.26. The van der Waals surface area contributed by atoms with Crippen LogP contribution in [-0.2, 0) is 0 Å². The highest BCUT2D eigenvalue weighted by atomic mass is 35.5. The SMILES string of the molecule is CC(C)(C)CNc1nc(N)nc(Cl)n1. The van der Waals surface area contributed by atoms with E-state index in [1.807, 2.05) is 0 Å². The van der Waals surface area contributed by atoms with Crippen LogP contribution >= 0.6 is 11.6 Å². The van der Waals surface area contributed by atoms with Gasteiger partial charge in [0.2, 0.25) is 17.2 Å². The van der Waals surface area contributed by atoms with E-state index in [-0.39, 0.29) is 16.6 Å². The molecule has 0 bridgehead atoms. The molecular weight excluding hydrogens is 202 g/mol. The minimum absolute atomic E-state index is 0.105. The Balaban J connectivity index is 2.68. The molecule has 0 aromatic carbocycles. The van der Waals surface area contributed by atoms with E-state index in [1.54, 1.807) is 0 Å². The predicted molar refractivity (Wildman–Crippen MR) is 57.2 cm³/mol. The molecule has 14 heavy (non-hydrogen) atoms. The van der Waals surface area contributed by atoms with Crippen molar-refractivity contribution in [3.05, 3.63) is 5.28 Å². The van der Waals surface area contributed by atoms with E-state index in [4.69, 9.17) is 17.3 Å². The smallest absolute Gasteiger partial charge is 0.228 e. The van der Waals surface area contributed by atoms with Gasteiger partial charge >= 0.3 is 0 Å². The summed E-state index contributed by atoms with van der Waals surface area (Å²) in [6, 6.07) is 0. The number of halogens is 1. The van der Waals surface area contributed by atoms with Crippen LogP contribution in [0.15, 0.2) is 0 Å². The fraction of sp³-hybridized carbons (Fsp3) is 0.625. The van der Waals surface area contributed by atoms with E-state index in [0.717, 1.165) is 6.54 Å². The average Bonchev–Trinajstić information content (AvgIpc) is 1.97. The van der Waals surface area contributed by atoms with Crippen LogP contribution in [0.1, 0.15) is 20.8 Å². The predicted octanol–water partition coefficient (Wildman–Crippen LogP) is 1.57. The quantitative estimate of drug-likeness (QED) is 0.783. The summed E-state index contributed by atoms with van der Waals surface area (Å²) in [5.74, 6) is 0.541. The van der Waals surface area contributed by atoms with Crippen LogP contribution in [-0.4, -0.2) is 21.5 Å². The Morgan fingerprint density at radius 3 is 2.43 bits per heavy atom. The van der Waals surface area contributed by atoms with Crippen LogP contribution in [0.4, 0.5) is 11.9 Å². The molecule has 0 aliphatic heterocycles. The maximum Gasteiger partial charge on any atom is 0.228 e. The van der Waals surface area contributed by atoms with Crippen molar-refractivity contribution in [2.45, 2.75) is 20.8 Å². The topological polar surface area (TPSA) is 76.7 Å². The van der Waals surface area contributed by atoms with Crippen LogP contribution in [0.3, 0.4) is 0 Å². The Labute approximate surface area is 88.1 Å². The number of nitrogens with zero attached hydrogens (tertiary/aromatic N) is 3. The van der Waals surface area contributed by atoms with Gasteiger partial charge < -0.3 is 11.1 Å². The van der Waals surface area contributed by atoms with Crippen molar-refractivity contribution in [3.63, 3.8) is 0 Å². The van der Waals surface area contributed by atoms with Crippen LogP contribution in [0.25, 0.3) is 0 Å². The van der Waals surface area contributed by atoms with Crippen LogP contribution in [0.5, 0.6) is 0 Å². The minimum Gasteiger partial charge on any atom is -0.368 e. The summed E-state index contributed by atoms with van der Waals surface area (Å²) < 4.78 is 0. The summed E-state index contributed by atoms with van der Waals surface area (Å²) in [5, 5.41) is 3.15. The summed E-state index contributed by atoms with van der Waals surface area (Å²) in [5.41, 5.74) is 5.56. The van der Waals surface area contributed by atoms with Gasteiger partial charge in [0.1, 0.15) is 0 Å². The largest absolute Gasteiger partial charge is 0.368 e. The summed E-state index contributed by atoms with van der Waals surface area (Å²) in [6.45, 7) is 7.05. The monoisotopic (exact) mass is 215 g/mol. The Morgan fingerprint density at radius 1 is 1.29 bits per heavy atom. The Kier molecular flexibility index (Phi) is 3.10. The summed E-state index contributed by atoms with van der Waals surface area (Å²) in [4.78, 5) is 11.4. The first-order valence-corrected chi connectivity index (χ1v) is 4.65. The van der Waals surface area contributed by atoms with Gasteiger partial charge in [-0.1, -0.05) is 20.8 Å². The third-order valence-corrected chi connectivity index (χ3v) is 1.57. The molecule has 1 aromatic rings. The molecule has 0 aliphatic rings. The van der Waals surface area contributed by atoms with Crippen molar-refractivity contribution in [2.24, 2.45) is 5.41 Å². The number of hydrogen-bond donors (Lipinski definition) is 2. The Hall–Kier alpha value is -1.10.